The molecule has 1 aromatic carbocycles. The number of benzene rings is 1. The summed E-state index contributed by atoms with van der Waals surface area (Å²) in [6.45, 7) is 1.52. The van der Waals surface area contributed by atoms with Gasteiger partial charge in [-0.1, -0.05) is 29.8 Å². The Morgan fingerprint density at radius 1 is 0.960 bits per heavy atom. The predicted octanol–water partition coefficient (Wildman–Crippen LogP) is 4.57. The molecular weight excluding hydrogens is 315 g/mol. The van der Waals surface area contributed by atoms with E-state index in [0.29, 0.717) is 18.5 Å². The van der Waals surface area contributed by atoms with E-state index in [0.717, 1.165) is 24.6 Å². The maximum atomic E-state index is 13.6. The zero-order valence-electron chi connectivity index (χ0n) is 14.5. The first-order valence-corrected chi connectivity index (χ1v) is 9.02. The molecule has 3 rings (SSSR count). The number of allylic oxidation sites excluding steroid dienone is 1. The molecule has 5 heteroatoms. The first kappa shape index (κ1) is 17.4. The average molecular weight is 340 g/mol. The van der Waals surface area contributed by atoms with Crippen LogP contribution >= 0.6 is 0 Å². The quantitative estimate of drug-likeness (QED) is 0.691. The molecule has 25 heavy (non-hydrogen) atoms. The Kier molecular flexibility index (Phi) is 6.37. The fourth-order valence-electron chi connectivity index (χ4n) is 3.06. The standard InChI is InChI=1S/C20H25FN4/c21-18-9-5-4-8-17(18)11-13-23-20-14-19(24-15-25-20)22-12-10-16-6-2-1-3-7-16/h4-6,8-9,14-15H,1-3,7,10-13H2,(H2,22,23,24,25). The highest BCUT2D eigenvalue weighted by Gasteiger charge is 2.04. The third-order valence-corrected chi connectivity index (χ3v) is 4.46. The van der Waals surface area contributed by atoms with Crippen molar-refractivity contribution in [3.05, 3.63) is 59.7 Å². The van der Waals surface area contributed by atoms with Crippen molar-refractivity contribution in [2.24, 2.45) is 0 Å². The molecule has 0 saturated heterocycles. The lowest BCUT2D eigenvalue weighted by Crippen LogP contribution is -2.09. The van der Waals surface area contributed by atoms with Crippen LogP contribution in [-0.2, 0) is 6.42 Å². The van der Waals surface area contributed by atoms with E-state index in [1.807, 2.05) is 18.2 Å². The minimum absolute atomic E-state index is 0.161. The van der Waals surface area contributed by atoms with E-state index in [-0.39, 0.29) is 5.82 Å². The van der Waals surface area contributed by atoms with Crippen molar-refractivity contribution in [3.63, 3.8) is 0 Å². The predicted molar refractivity (Wildman–Crippen MR) is 100 cm³/mol. The van der Waals surface area contributed by atoms with E-state index in [1.165, 1.54) is 31.7 Å². The van der Waals surface area contributed by atoms with Gasteiger partial charge in [-0.25, -0.2) is 14.4 Å². The van der Waals surface area contributed by atoms with Crippen LogP contribution in [0.3, 0.4) is 0 Å². The van der Waals surface area contributed by atoms with Crippen LogP contribution in [0.2, 0.25) is 0 Å². The van der Waals surface area contributed by atoms with Crippen molar-refractivity contribution in [2.45, 2.75) is 38.5 Å². The van der Waals surface area contributed by atoms with E-state index in [4.69, 9.17) is 0 Å². The van der Waals surface area contributed by atoms with E-state index < -0.39 is 0 Å². The van der Waals surface area contributed by atoms with Crippen molar-refractivity contribution >= 4 is 11.6 Å². The number of anilines is 2. The molecule has 0 bridgehead atoms. The van der Waals surface area contributed by atoms with Crippen molar-refractivity contribution < 1.29 is 4.39 Å². The molecule has 0 aliphatic heterocycles. The Morgan fingerprint density at radius 2 is 1.72 bits per heavy atom. The lowest BCUT2D eigenvalue weighted by Gasteiger charge is -2.13. The number of hydrogen-bond donors (Lipinski definition) is 2. The van der Waals surface area contributed by atoms with Gasteiger partial charge in [0, 0.05) is 19.2 Å². The molecule has 0 amide bonds. The van der Waals surface area contributed by atoms with Crippen molar-refractivity contribution in [1.82, 2.24) is 9.97 Å². The van der Waals surface area contributed by atoms with Gasteiger partial charge in [0.2, 0.25) is 0 Å². The van der Waals surface area contributed by atoms with Gasteiger partial charge in [-0.15, -0.1) is 0 Å². The Labute approximate surface area is 148 Å². The molecule has 2 N–H and O–H groups in total. The molecule has 0 unspecified atom stereocenters. The Hall–Kier alpha value is -2.43. The molecule has 0 radical (unpaired) electrons. The number of aromatic nitrogens is 2. The lowest BCUT2D eigenvalue weighted by molar-refractivity contribution is 0.610. The maximum absolute atomic E-state index is 13.6. The summed E-state index contributed by atoms with van der Waals surface area (Å²) in [5, 5.41) is 6.59. The number of rotatable bonds is 8. The van der Waals surface area contributed by atoms with Gasteiger partial charge in [0.25, 0.3) is 0 Å². The molecule has 1 aliphatic carbocycles. The summed E-state index contributed by atoms with van der Waals surface area (Å²) < 4.78 is 13.6. The highest BCUT2D eigenvalue weighted by molar-refractivity contribution is 5.46. The smallest absolute Gasteiger partial charge is 0.131 e. The van der Waals surface area contributed by atoms with Crippen LogP contribution in [0.5, 0.6) is 0 Å². The first-order valence-electron chi connectivity index (χ1n) is 9.02. The van der Waals surface area contributed by atoms with Crippen LogP contribution in [0.15, 0.2) is 48.3 Å². The zero-order valence-corrected chi connectivity index (χ0v) is 14.5. The van der Waals surface area contributed by atoms with Crippen molar-refractivity contribution in [2.75, 3.05) is 23.7 Å². The molecule has 132 valence electrons. The molecule has 2 aromatic rings. The zero-order chi connectivity index (χ0) is 17.3. The molecule has 0 fully saturated rings. The number of nitrogens with zero attached hydrogens (tertiary/aromatic N) is 2. The molecule has 0 atom stereocenters. The minimum atomic E-state index is -0.161. The van der Waals surface area contributed by atoms with Gasteiger partial charge >= 0.3 is 0 Å². The van der Waals surface area contributed by atoms with Crippen LogP contribution in [0.1, 0.15) is 37.7 Å². The molecule has 1 heterocycles. The van der Waals surface area contributed by atoms with E-state index in [9.17, 15) is 4.39 Å². The maximum Gasteiger partial charge on any atom is 0.131 e. The molecule has 0 saturated carbocycles. The summed E-state index contributed by atoms with van der Waals surface area (Å²) in [7, 11) is 0. The number of nitrogens with one attached hydrogen (secondary N) is 2. The van der Waals surface area contributed by atoms with E-state index in [1.54, 1.807) is 18.0 Å². The molecular formula is C20H25FN4. The Bertz CT molecular complexity index is 714. The summed E-state index contributed by atoms with van der Waals surface area (Å²) in [6, 6.07) is 8.76. The number of halogens is 1. The third-order valence-electron chi connectivity index (χ3n) is 4.46. The summed E-state index contributed by atoms with van der Waals surface area (Å²) in [4.78, 5) is 8.48. The van der Waals surface area contributed by atoms with Crippen LogP contribution in [0, 0.1) is 5.82 Å². The second kappa shape index (κ2) is 9.16. The van der Waals surface area contributed by atoms with Crippen LogP contribution in [-0.4, -0.2) is 23.1 Å². The van der Waals surface area contributed by atoms with Gasteiger partial charge in [0.05, 0.1) is 0 Å². The summed E-state index contributed by atoms with van der Waals surface area (Å²) >= 11 is 0. The lowest BCUT2D eigenvalue weighted by atomic mass is 9.97. The van der Waals surface area contributed by atoms with Gasteiger partial charge in [-0.05, 0) is 50.2 Å². The summed E-state index contributed by atoms with van der Waals surface area (Å²) in [5.41, 5.74) is 2.26. The topological polar surface area (TPSA) is 49.8 Å². The Balaban J connectivity index is 1.44. The number of hydrogen-bond acceptors (Lipinski definition) is 4. The van der Waals surface area contributed by atoms with E-state index in [2.05, 4.69) is 26.7 Å². The normalized spacial score (nSPS) is 14.0. The van der Waals surface area contributed by atoms with Crippen LogP contribution in [0.25, 0.3) is 0 Å². The van der Waals surface area contributed by atoms with E-state index >= 15 is 0 Å². The largest absolute Gasteiger partial charge is 0.370 e. The van der Waals surface area contributed by atoms with Crippen molar-refractivity contribution in [1.29, 1.82) is 0 Å². The van der Waals surface area contributed by atoms with Crippen molar-refractivity contribution in [3.8, 4) is 0 Å². The highest BCUT2D eigenvalue weighted by Crippen LogP contribution is 2.20. The summed E-state index contributed by atoms with van der Waals surface area (Å²) in [5.74, 6) is 1.41. The molecule has 4 nitrogen and oxygen atoms in total. The van der Waals surface area contributed by atoms with Crippen LogP contribution < -0.4 is 10.6 Å². The molecule has 1 aliphatic rings. The third kappa shape index (κ3) is 5.55. The van der Waals surface area contributed by atoms with Gasteiger partial charge in [-0.3, -0.25) is 0 Å². The average Bonchev–Trinajstić information content (AvgIpc) is 2.65. The summed E-state index contributed by atoms with van der Waals surface area (Å²) in [6.07, 6.45) is 10.7. The van der Waals surface area contributed by atoms with Gasteiger partial charge < -0.3 is 10.6 Å². The minimum Gasteiger partial charge on any atom is -0.370 e. The highest BCUT2D eigenvalue weighted by atomic mass is 19.1. The van der Waals surface area contributed by atoms with Gasteiger partial charge in [0.1, 0.15) is 23.8 Å². The second-order valence-electron chi connectivity index (χ2n) is 6.34. The molecule has 0 spiro atoms. The fraction of sp³-hybridized carbons (Fsp3) is 0.400. The second-order valence-corrected chi connectivity index (χ2v) is 6.34. The van der Waals surface area contributed by atoms with Gasteiger partial charge in [-0.2, -0.15) is 0 Å². The Morgan fingerprint density at radius 3 is 2.44 bits per heavy atom. The fourth-order valence-corrected chi connectivity index (χ4v) is 3.06. The SMILES string of the molecule is Fc1ccccc1CCNc1cc(NCCC2=CCCCC2)ncn1. The van der Waals surface area contributed by atoms with Gasteiger partial charge in [0.15, 0.2) is 0 Å². The molecule has 1 aromatic heterocycles. The monoisotopic (exact) mass is 340 g/mol. The first-order chi connectivity index (χ1) is 12.3. The van der Waals surface area contributed by atoms with Crippen LogP contribution in [0.4, 0.5) is 16.0 Å².